The van der Waals surface area contributed by atoms with Gasteiger partial charge in [-0.1, -0.05) is 12.1 Å². The summed E-state index contributed by atoms with van der Waals surface area (Å²) >= 11 is 0. The first kappa shape index (κ1) is 18.2. The van der Waals surface area contributed by atoms with Gasteiger partial charge in [-0.3, -0.25) is 0 Å². The van der Waals surface area contributed by atoms with E-state index in [1.807, 2.05) is 24.3 Å². The van der Waals surface area contributed by atoms with Gasteiger partial charge in [0, 0.05) is 25.2 Å². The zero-order valence-electron chi connectivity index (χ0n) is 14.0. The number of ether oxygens (including phenoxy) is 1. The number of aliphatic hydroxyl groups is 1. The van der Waals surface area contributed by atoms with Crippen LogP contribution in [0.5, 0.6) is 0 Å². The molecule has 0 amide bonds. The van der Waals surface area contributed by atoms with Gasteiger partial charge >= 0.3 is 5.97 Å². The Morgan fingerprint density at radius 2 is 1.88 bits per heavy atom. The molecule has 1 heterocycles. The van der Waals surface area contributed by atoms with Crippen molar-refractivity contribution in [3.63, 3.8) is 0 Å². The maximum absolute atomic E-state index is 11.4. The Labute approximate surface area is 141 Å². The van der Waals surface area contributed by atoms with Crippen molar-refractivity contribution in [2.45, 2.75) is 19.6 Å². The number of esters is 1. The molecule has 3 N–H and O–H groups in total. The number of carbonyl (C=O) groups excluding carboxylic acids is 1. The number of rotatable bonds is 9. The number of furan rings is 1. The van der Waals surface area contributed by atoms with Gasteiger partial charge in [-0.25, -0.2) is 4.79 Å². The minimum atomic E-state index is -0.352. The summed E-state index contributed by atoms with van der Waals surface area (Å²) < 4.78 is 10.5. The molecule has 0 spiro atoms. The summed E-state index contributed by atoms with van der Waals surface area (Å²) in [6.45, 7) is 4.55. The van der Waals surface area contributed by atoms with E-state index in [9.17, 15) is 4.79 Å². The number of methoxy groups -OCH3 is 1. The van der Waals surface area contributed by atoms with Crippen LogP contribution in [-0.4, -0.2) is 43.9 Å². The summed E-state index contributed by atoms with van der Waals surface area (Å²) in [6, 6.07) is 10.9. The van der Waals surface area contributed by atoms with E-state index in [1.165, 1.54) is 7.11 Å². The van der Waals surface area contributed by atoms with Crippen molar-refractivity contribution in [1.29, 1.82) is 0 Å². The SMILES string of the molecule is COC(=O)c1ccc(-c2ccc(CNCCNC[C@@H](C)O)o2)cc1. The van der Waals surface area contributed by atoms with Gasteiger partial charge in [0.05, 0.1) is 25.3 Å². The molecule has 0 saturated heterocycles. The van der Waals surface area contributed by atoms with Crippen LogP contribution in [0.3, 0.4) is 0 Å². The Bertz CT molecular complexity index is 635. The van der Waals surface area contributed by atoms with Crippen LogP contribution in [0.15, 0.2) is 40.8 Å². The van der Waals surface area contributed by atoms with Crippen LogP contribution >= 0.6 is 0 Å². The van der Waals surface area contributed by atoms with Crippen LogP contribution in [0.2, 0.25) is 0 Å². The molecule has 0 radical (unpaired) electrons. The van der Waals surface area contributed by atoms with Gasteiger partial charge in [0.15, 0.2) is 0 Å². The molecule has 2 aromatic rings. The molecule has 0 saturated carbocycles. The first-order valence-electron chi connectivity index (χ1n) is 7.97. The van der Waals surface area contributed by atoms with E-state index in [0.717, 1.165) is 30.2 Å². The first-order chi connectivity index (χ1) is 11.6. The third-order valence-electron chi connectivity index (χ3n) is 3.47. The van der Waals surface area contributed by atoms with Crippen molar-refractivity contribution in [2.75, 3.05) is 26.7 Å². The Kier molecular flexibility index (Phi) is 6.99. The van der Waals surface area contributed by atoms with Gasteiger partial charge in [0.25, 0.3) is 0 Å². The van der Waals surface area contributed by atoms with E-state index in [4.69, 9.17) is 9.52 Å². The third-order valence-corrected chi connectivity index (χ3v) is 3.47. The van der Waals surface area contributed by atoms with Crippen LogP contribution in [0, 0.1) is 0 Å². The van der Waals surface area contributed by atoms with Gasteiger partial charge in [-0.05, 0) is 31.2 Å². The first-order valence-corrected chi connectivity index (χ1v) is 7.97. The molecule has 0 aliphatic carbocycles. The largest absolute Gasteiger partial charge is 0.465 e. The van der Waals surface area contributed by atoms with E-state index in [2.05, 4.69) is 15.4 Å². The average molecular weight is 332 g/mol. The van der Waals surface area contributed by atoms with Crippen molar-refractivity contribution in [2.24, 2.45) is 0 Å². The lowest BCUT2D eigenvalue weighted by molar-refractivity contribution is 0.0600. The van der Waals surface area contributed by atoms with Crippen molar-refractivity contribution in [3.05, 3.63) is 47.7 Å². The molecule has 0 bridgehead atoms. The highest BCUT2D eigenvalue weighted by atomic mass is 16.5. The van der Waals surface area contributed by atoms with E-state index in [0.29, 0.717) is 18.7 Å². The summed E-state index contributed by atoms with van der Waals surface area (Å²) in [6.07, 6.45) is -0.330. The molecule has 1 atom stereocenters. The minimum Gasteiger partial charge on any atom is -0.465 e. The number of hydrogen-bond donors (Lipinski definition) is 3. The highest BCUT2D eigenvalue weighted by Crippen LogP contribution is 2.22. The molecule has 0 unspecified atom stereocenters. The minimum absolute atomic E-state index is 0.330. The number of nitrogens with one attached hydrogen (secondary N) is 2. The number of aliphatic hydroxyl groups excluding tert-OH is 1. The molecule has 0 aliphatic heterocycles. The van der Waals surface area contributed by atoms with Crippen LogP contribution < -0.4 is 10.6 Å². The lowest BCUT2D eigenvalue weighted by atomic mass is 10.1. The molecule has 1 aromatic heterocycles. The van der Waals surface area contributed by atoms with E-state index < -0.39 is 0 Å². The highest BCUT2D eigenvalue weighted by molar-refractivity contribution is 5.89. The van der Waals surface area contributed by atoms with Gasteiger partial charge in [0.2, 0.25) is 0 Å². The van der Waals surface area contributed by atoms with Crippen LogP contribution in [0.4, 0.5) is 0 Å². The lowest BCUT2D eigenvalue weighted by Gasteiger charge is -2.07. The molecule has 0 fully saturated rings. The summed E-state index contributed by atoms with van der Waals surface area (Å²) in [5.74, 6) is 1.25. The quantitative estimate of drug-likeness (QED) is 0.480. The Balaban J connectivity index is 1.81. The average Bonchev–Trinajstić information content (AvgIpc) is 3.06. The monoisotopic (exact) mass is 332 g/mol. The van der Waals surface area contributed by atoms with Crippen LogP contribution in [-0.2, 0) is 11.3 Å². The summed E-state index contributed by atoms with van der Waals surface area (Å²) in [4.78, 5) is 11.4. The second kappa shape index (κ2) is 9.22. The predicted octanol–water partition coefficient (Wildman–Crippen LogP) is 1.79. The fourth-order valence-corrected chi connectivity index (χ4v) is 2.22. The summed E-state index contributed by atoms with van der Waals surface area (Å²) in [5.41, 5.74) is 1.42. The smallest absolute Gasteiger partial charge is 0.337 e. The van der Waals surface area contributed by atoms with Crippen molar-refractivity contribution < 1.29 is 19.1 Å². The Morgan fingerprint density at radius 1 is 1.17 bits per heavy atom. The topological polar surface area (TPSA) is 83.7 Å². The van der Waals surface area contributed by atoms with Gasteiger partial charge < -0.3 is 24.9 Å². The molecule has 24 heavy (non-hydrogen) atoms. The molecule has 130 valence electrons. The fourth-order valence-electron chi connectivity index (χ4n) is 2.22. The maximum Gasteiger partial charge on any atom is 0.337 e. The fraction of sp³-hybridized carbons (Fsp3) is 0.389. The Hall–Kier alpha value is -2.15. The van der Waals surface area contributed by atoms with Crippen molar-refractivity contribution in [3.8, 4) is 11.3 Å². The van der Waals surface area contributed by atoms with Gasteiger partial charge in [-0.15, -0.1) is 0 Å². The Morgan fingerprint density at radius 3 is 2.54 bits per heavy atom. The summed E-state index contributed by atoms with van der Waals surface area (Å²) in [7, 11) is 1.36. The standard InChI is InChI=1S/C18H24N2O4/c1-13(21)11-19-9-10-20-12-16-7-8-17(24-16)14-3-5-15(6-4-14)18(22)23-2/h3-8,13,19-21H,9-12H2,1-2H3/t13-/m1/s1. The highest BCUT2D eigenvalue weighted by Gasteiger charge is 2.08. The lowest BCUT2D eigenvalue weighted by Crippen LogP contribution is -2.31. The van der Waals surface area contributed by atoms with Crippen LogP contribution in [0.1, 0.15) is 23.0 Å². The normalized spacial score (nSPS) is 12.1. The molecule has 1 aromatic carbocycles. The molecular formula is C18H24N2O4. The number of benzene rings is 1. The maximum atomic E-state index is 11.4. The van der Waals surface area contributed by atoms with Crippen LogP contribution in [0.25, 0.3) is 11.3 Å². The summed E-state index contributed by atoms with van der Waals surface area (Å²) in [5, 5.41) is 15.5. The predicted molar refractivity (Wildman–Crippen MR) is 91.7 cm³/mol. The van der Waals surface area contributed by atoms with Gasteiger partial charge in [0.1, 0.15) is 11.5 Å². The zero-order valence-corrected chi connectivity index (χ0v) is 14.0. The second-order valence-electron chi connectivity index (χ2n) is 5.56. The van der Waals surface area contributed by atoms with Crippen molar-refractivity contribution in [1.82, 2.24) is 10.6 Å². The van der Waals surface area contributed by atoms with E-state index >= 15 is 0 Å². The molecule has 6 heteroatoms. The molecule has 0 aliphatic rings. The molecule has 6 nitrogen and oxygen atoms in total. The van der Waals surface area contributed by atoms with E-state index in [1.54, 1.807) is 19.1 Å². The number of carbonyl (C=O) groups is 1. The van der Waals surface area contributed by atoms with Crippen molar-refractivity contribution >= 4 is 5.97 Å². The number of hydrogen-bond acceptors (Lipinski definition) is 6. The van der Waals surface area contributed by atoms with Gasteiger partial charge in [-0.2, -0.15) is 0 Å². The zero-order chi connectivity index (χ0) is 17.4. The molecule has 2 rings (SSSR count). The van der Waals surface area contributed by atoms with E-state index in [-0.39, 0.29) is 12.1 Å². The third kappa shape index (κ3) is 5.49. The second-order valence-corrected chi connectivity index (χ2v) is 5.56. The molecular weight excluding hydrogens is 308 g/mol.